The van der Waals surface area contributed by atoms with Crippen molar-refractivity contribution in [3.63, 3.8) is 0 Å². The first-order valence-electron chi connectivity index (χ1n) is 3.03. The molecule has 0 aliphatic carbocycles. The largest absolute Gasteiger partial charge is 0.328 e. The van der Waals surface area contributed by atoms with Gasteiger partial charge >= 0.3 is 0 Å². The molecule has 3 nitrogen and oxygen atoms in total. The normalized spacial score (nSPS) is 13.6. The molecule has 1 aromatic heterocycles. The molecule has 0 spiro atoms. The van der Waals surface area contributed by atoms with Gasteiger partial charge in [0.15, 0.2) is 0 Å². The minimum absolute atomic E-state index is 0.213. The fraction of sp³-hybridized carbons (Fsp3) is 0.500. The van der Waals surface area contributed by atoms with Crippen LogP contribution in [-0.2, 0) is 6.42 Å². The second-order valence-electron chi connectivity index (χ2n) is 2.26. The Bertz CT molecular complexity index is 155. The Morgan fingerprint density at radius 2 is 2.67 bits per heavy atom. The third kappa shape index (κ3) is 1.85. The average Bonchev–Trinajstić information content (AvgIpc) is 2.15. The van der Waals surface area contributed by atoms with Gasteiger partial charge in [0.05, 0.1) is 0 Å². The van der Waals surface area contributed by atoms with Crippen LogP contribution >= 0.6 is 0 Å². The van der Waals surface area contributed by atoms with E-state index in [1.54, 1.807) is 6.20 Å². The molecular weight excluding hydrogens is 114 g/mol. The molecule has 0 radical (unpaired) electrons. The minimum atomic E-state index is 0.213. The summed E-state index contributed by atoms with van der Waals surface area (Å²) in [6.07, 6.45) is 2.61. The highest BCUT2D eigenvalue weighted by molar-refractivity contribution is 4.98. The molecule has 0 amide bonds. The smallest absolute Gasteiger partial charge is 0.0490 e. The van der Waals surface area contributed by atoms with Crippen molar-refractivity contribution in [1.29, 1.82) is 0 Å². The van der Waals surface area contributed by atoms with Gasteiger partial charge in [0, 0.05) is 24.4 Å². The molecule has 1 atom stereocenters. The van der Waals surface area contributed by atoms with E-state index in [2.05, 4.69) is 10.2 Å². The van der Waals surface area contributed by atoms with Crippen molar-refractivity contribution in [1.82, 2.24) is 10.2 Å². The zero-order chi connectivity index (χ0) is 6.69. The summed E-state index contributed by atoms with van der Waals surface area (Å²) >= 11 is 0. The van der Waals surface area contributed by atoms with Crippen LogP contribution in [0.5, 0.6) is 0 Å². The van der Waals surface area contributed by atoms with Gasteiger partial charge in [-0.25, -0.2) is 0 Å². The average molecular weight is 125 g/mol. The standard InChI is InChI=1S/C6H11N3/c1-5(7)4-6-2-3-8-9-6/h2-3,5H,4,7H2,1H3,(H,8,9)/t5-/m0/s1. The van der Waals surface area contributed by atoms with Crippen LogP contribution in [0.3, 0.4) is 0 Å². The molecule has 0 unspecified atom stereocenters. The molecule has 3 N–H and O–H groups in total. The number of nitrogens with two attached hydrogens (primary N) is 1. The third-order valence-electron chi connectivity index (χ3n) is 1.10. The first-order valence-corrected chi connectivity index (χ1v) is 3.03. The van der Waals surface area contributed by atoms with E-state index in [-0.39, 0.29) is 6.04 Å². The zero-order valence-corrected chi connectivity index (χ0v) is 5.46. The van der Waals surface area contributed by atoms with Crippen molar-refractivity contribution >= 4 is 0 Å². The molecule has 0 aliphatic heterocycles. The molecule has 1 rings (SSSR count). The summed E-state index contributed by atoms with van der Waals surface area (Å²) in [6.45, 7) is 1.97. The van der Waals surface area contributed by atoms with Gasteiger partial charge in [-0.15, -0.1) is 0 Å². The van der Waals surface area contributed by atoms with E-state index < -0.39 is 0 Å². The van der Waals surface area contributed by atoms with Gasteiger partial charge in [-0.3, -0.25) is 5.10 Å². The van der Waals surface area contributed by atoms with Gasteiger partial charge < -0.3 is 5.73 Å². The molecule has 1 heterocycles. The number of hydrogen-bond donors (Lipinski definition) is 2. The molecule has 0 aliphatic rings. The highest BCUT2D eigenvalue weighted by Crippen LogP contribution is 1.94. The van der Waals surface area contributed by atoms with E-state index in [1.165, 1.54) is 0 Å². The van der Waals surface area contributed by atoms with Crippen LogP contribution in [0.15, 0.2) is 12.3 Å². The molecule has 0 fully saturated rings. The van der Waals surface area contributed by atoms with Crippen molar-refractivity contribution in [3.8, 4) is 0 Å². The maximum absolute atomic E-state index is 5.54. The van der Waals surface area contributed by atoms with Crippen LogP contribution in [0.2, 0.25) is 0 Å². The van der Waals surface area contributed by atoms with Crippen molar-refractivity contribution in [3.05, 3.63) is 18.0 Å². The van der Waals surface area contributed by atoms with Crippen molar-refractivity contribution in [2.75, 3.05) is 0 Å². The lowest BCUT2D eigenvalue weighted by atomic mass is 10.2. The topological polar surface area (TPSA) is 54.7 Å². The highest BCUT2D eigenvalue weighted by Gasteiger charge is 1.96. The summed E-state index contributed by atoms with van der Waals surface area (Å²) in [5.74, 6) is 0. The molecule has 0 saturated heterocycles. The van der Waals surface area contributed by atoms with Crippen molar-refractivity contribution in [2.45, 2.75) is 19.4 Å². The van der Waals surface area contributed by atoms with Crippen LogP contribution in [0, 0.1) is 0 Å². The lowest BCUT2D eigenvalue weighted by molar-refractivity contribution is 0.719. The summed E-state index contributed by atoms with van der Waals surface area (Å²) in [6, 6.07) is 2.15. The molecule has 0 saturated carbocycles. The first-order chi connectivity index (χ1) is 4.29. The zero-order valence-electron chi connectivity index (χ0n) is 5.46. The summed E-state index contributed by atoms with van der Waals surface area (Å²) in [7, 11) is 0. The highest BCUT2D eigenvalue weighted by atomic mass is 15.1. The van der Waals surface area contributed by atoms with Crippen LogP contribution in [-0.4, -0.2) is 16.2 Å². The maximum atomic E-state index is 5.54. The first kappa shape index (κ1) is 6.29. The van der Waals surface area contributed by atoms with Crippen LogP contribution < -0.4 is 5.73 Å². The van der Waals surface area contributed by atoms with E-state index >= 15 is 0 Å². The van der Waals surface area contributed by atoms with Gasteiger partial charge in [0.2, 0.25) is 0 Å². The van der Waals surface area contributed by atoms with E-state index in [0.717, 1.165) is 12.1 Å². The fourth-order valence-electron chi connectivity index (χ4n) is 0.745. The molecule has 9 heavy (non-hydrogen) atoms. The van der Waals surface area contributed by atoms with E-state index in [9.17, 15) is 0 Å². The number of rotatable bonds is 2. The Labute approximate surface area is 54.3 Å². The maximum Gasteiger partial charge on any atom is 0.0490 e. The molecule has 0 bridgehead atoms. The second-order valence-corrected chi connectivity index (χ2v) is 2.26. The summed E-state index contributed by atoms with van der Waals surface area (Å²) in [4.78, 5) is 0. The summed E-state index contributed by atoms with van der Waals surface area (Å²) < 4.78 is 0. The van der Waals surface area contributed by atoms with Gasteiger partial charge in [0.25, 0.3) is 0 Å². The lowest BCUT2D eigenvalue weighted by Crippen LogP contribution is -2.17. The van der Waals surface area contributed by atoms with Gasteiger partial charge in [0.1, 0.15) is 0 Å². The second kappa shape index (κ2) is 2.64. The van der Waals surface area contributed by atoms with Crippen LogP contribution in [0.4, 0.5) is 0 Å². The van der Waals surface area contributed by atoms with Crippen LogP contribution in [0.1, 0.15) is 12.6 Å². The fourth-order valence-corrected chi connectivity index (χ4v) is 0.745. The van der Waals surface area contributed by atoms with Gasteiger partial charge in [-0.05, 0) is 13.0 Å². The Hall–Kier alpha value is -0.830. The Balaban J connectivity index is 2.48. The Kier molecular flexibility index (Phi) is 1.85. The van der Waals surface area contributed by atoms with Gasteiger partial charge in [-0.2, -0.15) is 5.10 Å². The van der Waals surface area contributed by atoms with Crippen molar-refractivity contribution < 1.29 is 0 Å². The number of H-pyrrole nitrogens is 1. The van der Waals surface area contributed by atoms with Gasteiger partial charge in [-0.1, -0.05) is 0 Å². The quantitative estimate of drug-likeness (QED) is 0.597. The van der Waals surface area contributed by atoms with Crippen LogP contribution in [0.25, 0.3) is 0 Å². The minimum Gasteiger partial charge on any atom is -0.328 e. The predicted molar refractivity (Wildman–Crippen MR) is 35.9 cm³/mol. The third-order valence-corrected chi connectivity index (χ3v) is 1.10. The SMILES string of the molecule is C[C@H](N)Cc1ccn[nH]1. The summed E-state index contributed by atoms with van der Waals surface area (Å²) in [5, 5.41) is 6.63. The molecule has 50 valence electrons. The number of aromatic nitrogens is 2. The Morgan fingerprint density at radius 3 is 3.11 bits per heavy atom. The molecule has 1 aromatic rings. The predicted octanol–water partition coefficient (Wildman–Crippen LogP) is 0.299. The molecule has 0 aromatic carbocycles. The van der Waals surface area contributed by atoms with E-state index in [0.29, 0.717) is 0 Å². The number of hydrogen-bond acceptors (Lipinski definition) is 2. The van der Waals surface area contributed by atoms with E-state index in [1.807, 2.05) is 13.0 Å². The molecular formula is C6H11N3. The lowest BCUT2D eigenvalue weighted by Gasteiger charge is -1.99. The monoisotopic (exact) mass is 125 g/mol. The van der Waals surface area contributed by atoms with Crippen molar-refractivity contribution in [2.24, 2.45) is 5.73 Å². The Morgan fingerprint density at radius 1 is 1.89 bits per heavy atom. The molecule has 3 heteroatoms. The number of nitrogens with one attached hydrogen (secondary N) is 1. The summed E-state index contributed by atoms with van der Waals surface area (Å²) in [5.41, 5.74) is 6.64. The number of nitrogens with zero attached hydrogens (tertiary/aromatic N) is 1. The van der Waals surface area contributed by atoms with E-state index in [4.69, 9.17) is 5.73 Å². The number of aromatic amines is 1.